The van der Waals surface area contributed by atoms with Gasteiger partial charge in [0.1, 0.15) is 0 Å². The zero-order chi connectivity index (χ0) is 12.1. The number of hydrogen-bond donors (Lipinski definition) is 1. The molecule has 0 aliphatic carbocycles. The maximum atomic E-state index is 11.2. The highest BCUT2D eigenvalue weighted by atomic mass is 16.7. The van der Waals surface area contributed by atoms with Crippen LogP contribution in [0.25, 0.3) is 0 Å². The van der Waals surface area contributed by atoms with Gasteiger partial charge >= 0.3 is 6.09 Å². The molecule has 1 amide bonds. The van der Waals surface area contributed by atoms with Gasteiger partial charge in [-0.05, 0) is 6.92 Å². The van der Waals surface area contributed by atoms with E-state index in [1.807, 2.05) is 5.01 Å². The molecule has 2 aliphatic rings. The van der Waals surface area contributed by atoms with Crippen LogP contribution in [0.4, 0.5) is 4.79 Å². The van der Waals surface area contributed by atoms with Crippen LogP contribution in [0, 0.1) is 0 Å². The third-order valence-corrected chi connectivity index (χ3v) is 2.47. The minimum atomic E-state index is -0.489. The van der Waals surface area contributed by atoms with Crippen LogP contribution < -0.4 is 5.32 Å². The van der Waals surface area contributed by atoms with Gasteiger partial charge < -0.3 is 14.3 Å². The Kier molecular flexibility index (Phi) is 3.97. The number of hydrazine groups is 1. The van der Waals surface area contributed by atoms with E-state index < -0.39 is 12.3 Å². The average Bonchev–Trinajstić information content (AvgIpc) is 2.79. The quantitative estimate of drug-likeness (QED) is 0.692. The zero-order valence-electron chi connectivity index (χ0n) is 9.79. The number of carbonyl (C=O) groups is 1. The highest BCUT2D eigenvalue weighted by molar-refractivity contribution is 5.67. The summed E-state index contributed by atoms with van der Waals surface area (Å²) in [7, 11) is 0. The molecule has 2 rings (SSSR count). The van der Waals surface area contributed by atoms with Crippen LogP contribution in [0.5, 0.6) is 0 Å². The molecule has 1 N–H and O–H groups in total. The molecule has 0 saturated carbocycles. The predicted octanol–water partition coefficient (Wildman–Crippen LogP) is -0.284. The number of nitrogens with zero attached hydrogens (tertiary/aromatic N) is 3. The second kappa shape index (κ2) is 5.67. The number of hydrogen-bond acceptors (Lipinski definition) is 6. The molecule has 1 atom stereocenters. The summed E-state index contributed by atoms with van der Waals surface area (Å²) in [5.41, 5.74) is 0. The Balaban J connectivity index is 1.75. The Morgan fingerprint density at radius 3 is 3.06 bits per heavy atom. The van der Waals surface area contributed by atoms with Crippen LogP contribution in [-0.2, 0) is 14.3 Å². The second-order valence-electron chi connectivity index (χ2n) is 3.66. The fourth-order valence-corrected chi connectivity index (χ4v) is 1.65. The maximum absolute atomic E-state index is 11.2. The van der Waals surface area contributed by atoms with Crippen molar-refractivity contribution in [2.45, 2.75) is 13.2 Å². The summed E-state index contributed by atoms with van der Waals surface area (Å²) in [6.45, 7) is 5.49. The Hall–Kier alpha value is -1.57. The van der Waals surface area contributed by atoms with Gasteiger partial charge in [-0.1, -0.05) is 0 Å². The first-order chi connectivity index (χ1) is 8.29. The van der Waals surface area contributed by atoms with Crippen LogP contribution in [-0.4, -0.2) is 61.6 Å². The third kappa shape index (κ3) is 3.19. The molecule has 0 aromatic heterocycles. The minimum absolute atomic E-state index is 0.336. The molecule has 8 heteroatoms. The molecule has 0 aromatic carbocycles. The van der Waals surface area contributed by atoms with Gasteiger partial charge in [0.2, 0.25) is 5.28 Å². The lowest BCUT2D eigenvalue weighted by atomic mass is 10.5. The molecule has 96 valence electrons. The molecule has 1 saturated heterocycles. The van der Waals surface area contributed by atoms with Gasteiger partial charge in [0.05, 0.1) is 32.9 Å². The molecule has 0 unspecified atom stereocenters. The van der Waals surface area contributed by atoms with Crippen LogP contribution in [0.15, 0.2) is 5.28 Å². The van der Waals surface area contributed by atoms with E-state index in [1.165, 1.54) is 0 Å². The van der Waals surface area contributed by atoms with E-state index in [-0.39, 0.29) is 0 Å². The van der Waals surface area contributed by atoms with Crippen molar-refractivity contribution in [1.29, 1.82) is 0 Å². The summed E-state index contributed by atoms with van der Waals surface area (Å²) in [5.74, 6) is 0. The fourth-order valence-electron chi connectivity index (χ4n) is 1.65. The van der Waals surface area contributed by atoms with Gasteiger partial charge in [0, 0.05) is 4.81 Å². The van der Waals surface area contributed by atoms with Gasteiger partial charge in [0.25, 0.3) is 12.8 Å². The van der Waals surface area contributed by atoms with E-state index in [0.717, 1.165) is 13.1 Å². The second-order valence-corrected chi connectivity index (χ2v) is 3.66. The number of ether oxygens (including phenoxy) is 2. The molecular formula is C9H17N4O4+. The smallest absolute Gasteiger partial charge is 0.410 e. The molecule has 0 bridgehead atoms. The Morgan fingerprint density at radius 2 is 2.35 bits per heavy atom. The fraction of sp³-hybridized carbons (Fsp3) is 0.889. The van der Waals surface area contributed by atoms with Crippen molar-refractivity contribution in [1.82, 2.24) is 10.3 Å². The van der Waals surface area contributed by atoms with E-state index in [2.05, 4.69) is 10.6 Å². The van der Waals surface area contributed by atoms with E-state index >= 15 is 0 Å². The summed E-state index contributed by atoms with van der Waals surface area (Å²) in [6, 6.07) is 0. The Morgan fingerprint density at radius 1 is 1.59 bits per heavy atom. The minimum Gasteiger partial charge on any atom is -0.450 e. The van der Waals surface area contributed by atoms with Crippen LogP contribution in [0.2, 0.25) is 0 Å². The number of amides is 1. The normalized spacial score (nSPS) is 23.9. The molecule has 0 spiro atoms. The third-order valence-electron chi connectivity index (χ3n) is 2.47. The number of nitrogens with one attached hydrogen (secondary N) is 1. The first-order valence-electron chi connectivity index (χ1n) is 5.70. The van der Waals surface area contributed by atoms with Crippen molar-refractivity contribution in [3.63, 3.8) is 0 Å². The van der Waals surface area contributed by atoms with E-state index in [1.54, 1.807) is 11.7 Å². The monoisotopic (exact) mass is 245 g/mol. The first kappa shape index (κ1) is 11.9. The van der Waals surface area contributed by atoms with E-state index in [0.29, 0.717) is 26.4 Å². The van der Waals surface area contributed by atoms with Gasteiger partial charge in [0.15, 0.2) is 0 Å². The van der Waals surface area contributed by atoms with Crippen LogP contribution >= 0.6 is 0 Å². The number of rotatable bonds is 3. The lowest BCUT2D eigenvalue weighted by molar-refractivity contribution is -0.742. The highest BCUT2D eigenvalue weighted by Crippen LogP contribution is 2.07. The van der Waals surface area contributed by atoms with Crippen molar-refractivity contribution in [2.75, 3.05) is 39.5 Å². The van der Waals surface area contributed by atoms with Crippen LogP contribution in [0.1, 0.15) is 6.92 Å². The van der Waals surface area contributed by atoms with Gasteiger partial charge in [-0.2, -0.15) is 5.01 Å². The summed E-state index contributed by atoms with van der Waals surface area (Å²) < 4.78 is 10.0. The van der Waals surface area contributed by atoms with Crippen molar-refractivity contribution in [2.24, 2.45) is 5.28 Å². The molecule has 2 aliphatic heterocycles. The average molecular weight is 245 g/mol. The van der Waals surface area contributed by atoms with Crippen molar-refractivity contribution in [3.8, 4) is 0 Å². The van der Waals surface area contributed by atoms with Crippen molar-refractivity contribution < 1.29 is 23.9 Å². The summed E-state index contributed by atoms with van der Waals surface area (Å²) in [6.07, 6.45) is -0.951. The summed E-state index contributed by atoms with van der Waals surface area (Å²) >= 11 is 0. The van der Waals surface area contributed by atoms with Crippen LogP contribution in [0.3, 0.4) is 0 Å². The highest BCUT2D eigenvalue weighted by Gasteiger charge is 2.34. The molecule has 0 aromatic rings. The largest absolute Gasteiger partial charge is 0.450 e. The topological polar surface area (TPSA) is 75.4 Å². The lowest BCUT2D eigenvalue weighted by Gasteiger charge is -2.20. The van der Waals surface area contributed by atoms with E-state index in [9.17, 15) is 4.79 Å². The summed E-state index contributed by atoms with van der Waals surface area (Å²) in [4.78, 5) is 18.0. The van der Waals surface area contributed by atoms with Gasteiger partial charge in [-0.25, -0.2) is 4.79 Å². The first-order valence-corrected chi connectivity index (χ1v) is 5.70. The summed E-state index contributed by atoms with van der Waals surface area (Å²) in [5, 5.41) is 8.48. The van der Waals surface area contributed by atoms with Gasteiger partial charge in [-0.3, -0.25) is 5.32 Å². The number of morpholine rings is 1. The Labute approximate surface area is 99.0 Å². The molecule has 0 radical (unpaired) electrons. The molecule has 8 nitrogen and oxygen atoms in total. The number of alkyl carbamates (subject to hydrolysis) is 1. The molecular weight excluding hydrogens is 228 g/mol. The molecule has 2 heterocycles. The standard InChI is InChI=1S/C9H16N4O4/c1-2-16-9(14)10-8-7-13(11-17-8)12-3-5-15-6-4-12/h8H,2-7H2,1H3/p+1/t8-/m1/s1. The molecule has 1 fully saturated rings. The number of carbonyl (C=O) groups excluding carboxylic acids is 1. The van der Waals surface area contributed by atoms with Crippen molar-refractivity contribution >= 4 is 6.09 Å². The SMILES string of the molecule is CCOC(=O)N[C@H]1C[N+](N2CCOCC2)=NO1. The molecule has 17 heavy (non-hydrogen) atoms. The maximum Gasteiger partial charge on any atom is 0.410 e. The van der Waals surface area contributed by atoms with Gasteiger partial charge in [-0.15, -0.1) is 0 Å². The predicted molar refractivity (Wildman–Crippen MR) is 55.0 cm³/mol. The Bertz CT molecular complexity index is 303. The lowest BCUT2D eigenvalue weighted by Crippen LogP contribution is -2.45. The zero-order valence-corrected chi connectivity index (χ0v) is 9.79. The van der Waals surface area contributed by atoms with Crippen molar-refractivity contribution in [3.05, 3.63) is 0 Å². The van der Waals surface area contributed by atoms with E-state index in [4.69, 9.17) is 14.3 Å².